The SMILES string of the molecule is COc1ccc(CN(C)C(=O)C2(CO)CC2)cc1F. The number of nitrogens with zero attached hydrogens (tertiary/aromatic N) is 1. The summed E-state index contributed by atoms with van der Waals surface area (Å²) in [6.45, 7) is 0.203. The van der Waals surface area contributed by atoms with Crippen LogP contribution in [0.2, 0.25) is 0 Å². The third-order valence-electron chi connectivity index (χ3n) is 3.59. The predicted molar refractivity (Wildman–Crippen MR) is 68.2 cm³/mol. The Morgan fingerprint density at radius 2 is 2.21 bits per heavy atom. The Kier molecular flexibility index (Phi) is 3.75. The van der Waals surface area contributed by atoms with Gasteiger partial charge in [0.25, 0.3) is 0 Å². The van der Waals surface area contributed by atoms with Crippen molar-refractivity contribution in [3.05, 3.63) is 29.6 Å². The monoisotopic (exact) mass is 267 g/mol. The maximum atomic E-state index is 13.5. The largest absolute Gasteiger partial charge is 0.494 e. The van der Waals surface area contributed by atoms with Gasteiger partial charge in [-0.25, -0.2) is 4.39 Å². The molecule has 0 unspecified atom stereocenters. The summed E-state index contributed by atoms with van der Waals surface area (Å²) in [5.41, 5.74) is 0.114. The van der Waals surface area contributed by atoms with Crippen LogP contribution in [0.5, 0.6) is 5.75 Å². The highest BCUT2D eigenvalue weighted by Crippen LogP contribution is 2.46. The standard InChI is InChI=1S/C14H18FNO3/c1-16(13(18)14(9-17)5-6-14)8-10-3-4-12(19-2)11(15)7-10/h3-4,7,17H,5-6,8-9H2,1-2H3. The van der Waals surface area contributed by atoms with Gasteiger partial charge >= 0.3 is 0 Å². The number of halogens is 1. The molecule has 1 amide bonds. The normalized spacial score (nSPS) is 16.0. The Morgan fingerprint density at radius 1 is 1.53 bits per heavy atom. The number of carbonyl (C=O) groups excluding carboxylic acids is 1. The van der Waals surface area contributed by atoms with Crippen molar-refractivity contribution in [2.75, 3.05) is 20.8 Å². The van der Waals surface area contributed by atoms with Crippen molar-refractivity contribution >= 4 is 5.91 Å². The van der Waals surface area contributed by atoms with Gasteiger partial charge in [-0.3, -0.25) is 4.79 Å². The van der Waals surface area contributed by atoms with Gasteiger partial charge in [-0.05, 0) is 30.5 Å². The Morgan fingerprint density at radius 3 is 2.68 bits per heavy atom. The number of rotatable bonds is 5. The van der Waals surface area contributed by atoms with Crippen molar-refractivity contribution in [3.8, 4) is 5.75 Å². The number of hydrogen-bond acceptors (Lipinski definition) is 3. The third-order valence-corrected chi connectivity index (χ3v) is 3.59. The lowest BCUT2D eigenvalue weighted by Gasteiger charge is -2.22. The molecule has 1 saturated carbocycles. The molecule has 0 bridgehead atoms. The molecular weight excluding hydrogens is 249 g/mol. The molecule has 19 heavy (non-hydrogen) atoms. The van der Waals surface area contributed by atoms with Crippen LogP contribution in [0.15, 0.2) is 18.2 Å². The summed E-state index contributed by atoms with van der Waals surface area (Å²) in [5.74, 6) is -0.331. The smallest absolute Gasteiger partial charge is 0.231 e. The lowest BCUT2D eigenvalue weighted by Crippen LogP contribution is -2.35. The summed E-state index contributed by atoms with van der Waals surface area (Å²) in [7, 11) is 3.08. The van der Waals surface area contributed by atoms with E-state index in [1.54, 1.807) is 19.2 Å². The Labute approximate surface area is 111 Å². The molecule has 0 heterocycles. The summed E-state index contributed by atoms with van der Waals surface area (Å²) in [6, 6.07) is 4.63. The topological polar surface area (TPSA) is 49.8 Å². The molecule has 104 valence electrons. The fourth-order valence-corrected chi connectivity index (χ4v) is 2.15. The highest BCUT2D eigenvalue weighted by molar-refractivity contribution is 5.85. The summed E-state index contributed by atoms with van der Waals surface area (Å²) in [4.78, 5) is 13.7. The van der Waals surface area contributed by atoms with Crippen molar-refractivity contribution in [1.29, 1.82) is 0 Å². The maximum Gasteiger partial charge on any atom is 0.231 e. The van der Waals surface area contributed by atoms with Gasteiger partial charge in [-0.15, -0.1) is 0 Å². The van der Waals surface area contributed by atoms with Crippen LogP contribution in [0.25, 0.3) is 0 Å². The average Bonchev–Trinajstić information content (AvgIpc) is 3.19. The third kappa shape index (κ3) is 2.71. The number of ether oxygens (including phenoxy) is 1. The number of aliphatic hydroxyl groups excluding tert-OH is 1. The van der Waals surface area contributed by atoms with E-state index >= 15 is 0 Å². The van der Waals surface area contributed by atoms with Crippen LogP contribution in [0, 0.1) is 11.2 Å². The van der Waals surface area contributed by atoms with Gasteiger partial charge in [0.2, 0.25) is 5.91 Å². The van der Waals surface area contributed by atoms with Crippen molar-refractivity contribution in [2.24, 2.45) is 5.41 Å². The van der Waals surface area contributed by atoms with Gasteiger partial charge in [0, 0.05) is 13.6 Å². The molecule has 1 N–H and O–H groups in total. The Hall–Kier alpha value is -1.62. The van der Waals surface area contributed by atoms with E-state index in [0.717, 1.165) is 12.8 Å². The second-order valence-electron chi connectivity index (χ2n) is 5.07. The molecule has 1 aromatic rings. The van der Waals surface area contributed by atoms with Crippen LogP contribution >= 0.6 is 0 Å². The molecule has 1 fully saturated rings. The fourth-order valence-electron chi connectivity index (χ4n) is 2.15. The lowest BCUT2D eigenvalue weighted by atomic mass is 10.1. The van der Waals surface area contributed by atoms with Gasteiger partial charge in [0.1, 0.15) is 0 Å². The number of methoxy groups -OCH3 is 1. The molecule has 2 rings (SSSR count). The first-order valence-electron chi connectivity index (χ1n) is 6.21. The summed E-state index contributed by atoms with van der Waals surface area (Å²) in [5, 5.41) is 9.23. The first-order chi connectivity index (χ1) is 9.02. The van der Waals surface area contributed by atoms with E-state index in [4.69, 9.17) is 4.74 Å². The van der Waals surface area contributed by atoms with E-state index in [2.05, 4.69) is 0 Å². The molecule has 5 heteroatoms. The first-order valence-corrected chi connectivity index (χ1v) is 6.21. The molecule has 1 aromatic carbocycles. The van der Waals surface area contributed by atoms with Crippen LogP contribution in [-0.2, 0) is 11.3 Å². The van der Waals surface area contributed by atoms with Crippen LogP contribution < -0.4 is 4.74 Å². The van der Waals surface area contributed by atoms with Crippen molar-refractivity contribution in [2.45, 2.75) is 19.4 Å². The lowest BCUT2D eigenvalue weighted by molar-refractivity contribution is -0.137. The van der Waals surface area contributed by atoms with Gasteiger partial charge in [-0.2, -0.15) is 0 Å². The number of benzene rings is 1. The summed E-state index contributed by atoms with van der Waals surface area (Å²) < 4.78 is 18.4. The maximum absolute atomic E-state index is 13.5. The van der Waals surface area contributed by atoms with Crippen LogP contribution in [0.4, 0.5) is 4.39 Å². The van der Waals surface area contributed by atoms with Crippen LogP contribution in [0.3, 0.4) is 0 Å². The minimum Gasteiger partial charge on any atom is -0.494 e. The van der Waals surface area contributed by atoms with Crippen molar-refractivity contribution in [3.63, 3.8) is 0 Å². The second kappa shape index (κ2) is 5.17. The van der Waals surface area contributed by atoms with E-state index in [-0.39, 0.29) is 18.3 Å². The van der Waals surface area contributed by atoms with E-state index < -0.39 is 11.2 Å². The van der Waals surface area contributed by atoms with Crippen molar-refractivity contribution in [1.82, 2.24) is 4.90 Å². The molecule has 0 aliphatic heterocycles. The predicted octanol–water partition coefficient (Wildman–Crippen LogP) is 1.57. The van der Waals surface area contributed by atoms with Crippen LogP contribution in [-0.4, -0.2) is 36.7 Å². The molecule has 0 radical (unpaired) electrons. The van der Waals surface area contributed by atoms with E-state index in [0.29, 0.717) is 12.1 Å². The first kappa shape index (κ1) is 13.8. The highest BCUT2D eigenvalue weighted by atomic mass is 19.1. The number of hydrogen-bond donors (Lipinski definition) is 1. The molecule has 0 aromatic heterocycles. The summed E-state index contributed by atoms with van der Waals surface area (Å²) >= 11 is 0. The molecule has 0 spiro atoms. The zero-order valence-electron chi connectivity index (χ0n) is 11.1. The van der Waals surface area contributed by atoms with Crippen LogP contribution in [0.1, 0.15) is 18.4 Å². The molecular formula is C14H18FNO3. The number of amides is 1. The fraction of sp³-hybridized carbons (Fsp3) is 0.500. The molecule has 0 saturated heterocycles. The zero-order valence-corrected chi connectivity index (χ0v) is 11.1. The van der Waals surface area contributed by atoms with Gasteiger partial charge < -0.3 is 14.7 Å². The molecule has 4 nitrogen and oxygen atoms in total. The molecule has 0 atom stereocenters. The summed E-state index contributed by atoms with van der Waals surface area (Å²) in [6.07, 6.45) is 1.45. The van der Waals surface area contributed by atoms with Gasteiger partial charge in [0.05, 0.1) is 19.1 Å². The second-order valence-corrected chi connectivity index (χ2v) is 5.07. The van der Waals surface area contributed by atoms with Gasteiger partial charge in [-0.1, -0.05) is 6.07 Å². The number of aliphatic hydroxyl groups is 1. The average molecular weight is 267 g/mol. The van der Waals surface area contributed by atoms with E-state index in [1.807, 2.05) is 0 Å². The Balaban J connectivity index is 2.05. The zero-order chi connectivity index (χ0) is 14.0. The number of carbonyl (C=O) groups is 1. The quantitative estimate of drug-likeness (QED) is 0.881. The minimum atomic E-state index is -0.584. The highest BCUT2D eigenvalue weighted by Gasteiger charge is 2.50. The van der Waals surface area contributed by atoms with Crippen molar-refractivity contribution < 1.29 is 19.0 Å². The molecule has 1 aliphatic rings. The van der Waals surface area contributed by atoms with Gasteiger partial charge in [0.15, 0.2) is 11.6 Å². The van der Waals surface area contributed by atoms with E-state index in [9.17, 15) is 14.3 Å². The van der Waals surface area contributed by atoms with E-state index in [1.165, 1.54) is 18.1 Å². The Bertz CT molecular complexity index is 486. The minimum absolute atomic E-state index is 0.0776. The molecule has 1 aliphatic carbocycles.